The first kappa shape index (κ1) is 16.9. The van der Waals surface area contributed by atoms with E-state index in [2.05, 4.69) is 10.5 Å². The van der Waals surface area contributed by atoms with E-state index in [1.807, 2.05) is 0 Å². The second-order valence-electron chi connectivity index (χ2n) is 4.62. The van der Waals surface area contributed by atoms with Gasteiger partial charge in [0.2, 0.25) is 5.91 Å². The summed E-state index contributed by atoms with van der Waals surface area (Å²) in [4.78, 5) is 21.5. The minimum Gasteiger partial charge on any atom is -0.437 e. The molecule has 0 saturated carbocycles. The lowest BCUT2D eigenvalue weighted by atomic mass is 9.89. The Kier molecular flexibility index (Phi) is 6.63. The van der Waals surface area contributed by atoms with Gasteiger partial charge in [-0.05, 0) is 38.3 Å². The van der Waals surface area contributed by atoms with Crippen molar-refractivity contribution < 1.29 is 14.7 Å². The van der Waals surface area contributed by atoms with E-state index in [1.54, 1.807) is 6.82 Å². The first-order valence-electron chi connectivity index (χ1n) is 6.65. The molecule has 114 valence electrons. The maximum absolute atomic E-state index is 11.0. The van der Waals surface area contributed by atoms with Crippen molar-refractivity contribution in [3.05, 3.63) is 33.9 Å². The summed E-state index contributed by atoms with van der Waals surface area (Å²) >= 11 is 0. The monoisotopic (exact) mass is 294 g/mol. The first-order valence-corrected chi connectivity index (χ1v) is 6.65. The Bertz CT molecular complexity index is 510. The normalized spacial score (nSPS) is 10.2. The van der Waals surface area contributed by atoms with E-state index in [0.717, 1.165) is 12.8 Å². The molecule has 0 bridgehead atoms. The smallest absolute Gasteiger partial charge is 0.373 e. The van der Waals surface area contributed by atoms with Gasteiger partial charge in [-0.3, -0.25) is 14.9 Å². The Morgan fingerprint density at radius 2 is 2.10 bits per heavy atom. The van der Waals surface area contributed by atoms with Gasteiger partial charge in [0.05, 0.1) is 4.92 Å². The van der Waals surface area contributed by atoms with Crippen LogP contribution in [0, 0.1) is 10.1 Å². The molecule has 0 aliphatic rings. The third kappa shape index (κ3) is 5.80. The number of unbranched alkanes of at least 4 members (excludes halogenated alkanes) is 1. The third-order valence-electron chi connectivity index (χ3n) is 2.84. The Labute approximate surface area is 123 Å². The van der Waals surface area contributed by atoms with Crippen LogP contribution in [0.15, 0.2) is 18.2 Å². The van der Waals surface area contributed by atoms with Gasteiger partial charge in [0.25, 0.3) is 5.69 Å². The molecule has 0 radical (unpaired) electrons. The lowest BCUT2D eigenvalue weighted by Gasteiger charge is -2.08. The molecular weight excluding hydrogens is 275 g/mol. The zero-order valence-electron chi connectivity index (χ0n) is 11.8. The van der Waals surface area contributed by atoms with Crippen LogP contribution in [-0.2, 0) is 0 Å². The number of nitro benzene ring substituents is 1. The van der Waals surface area contributed by atoms with Crippen LogP contribution in [0.4, 0.5) is 11.4 Å². The zero-order valence-corrected chi connectivity index (χ0v) is 11.8. The van der Waals surface area contributed by atoms with Crippen LogP contribution in [-0.4, -0.2) is 36.0 Å². The molecule has 0 aliphatic heterocycles. The average molecular weight is 294 g/mol. The molecule has 1 rings (SSSR count). The summed E-state index contributed by atoms with van der Waals surface area (Å²) in [7, 11) is -0.541. The van der Waals surface area contributed by atoms with Gasteiger partial charge in [-0.15, -0.1) is 0 Å². The molecule has 0 unspecified atom stereocenters. The second kappa shape index (κ2) is 8.23. The predicted molar refractivity (Wildman–Crippen MR) is 81.2 cm³/mol. The topological polar surface area (TPSA) is 131 Å². The highest BCUT2D eigenvalue weighted by atomic mass is 16.6. The summed E-state index contributed by atoms with van der Waals surface area (Å²) in [6.07, 6.45) is 1.61. The molecule has 0 aliphatic carbocycles. The predicted octanol–water partition coefficient (Wildman–Crippen LogP) is 0.586. The van der Waals surface area contributed by atoms with E-state index in [1.165, 1.54) is 18.2 Å². The highest BCUT2D eigenvalue weighted by Crippen LogP contribution is 2.25. The Balaban J connectivity index is 2.54. The summed E-state index contributed by atoms with van der Waals surface area (Å²) in [6, 6.07) is 4.10. The van der Waals surface area contributed by atoms with Crippen molar-refractivity contribution in [2.75, 3.05) is 18.4 Å². The minimum absolute atomic E-state index is 0.105. The molecule has 0 atom stereocenters. The van der Waals surface area contributed by atoms with E-state index in [9.17, 15) is 14.9 Å². The van der Waals surface area contributed by atoms with Gasteiger partial charge in [-0.1, -0.05) is 0 Å². The summed E-state index contributed by atoms with van der Waals surface area (Å²) in [5, 5.41) is 25.8. The molecule has 5 N–H and O–H groups in total. The molecule has 0 spiro atoms. The second-order valence-corrected chi connectivity index (χ2v) is 4.62. The Morgan fingerprint density at radius 1 is 1.43 bits per heavy atom. The molecule has 0 saturated heterocycles. The fourth-order valence-corrected chi connectivity index (χ4v) is 1.77. The Hall–Kier alpha value is -2.13. The van der Waals surface area contributed by atoms with Crippen molar-refractivity contribution >= 4 is 24.3 Å². The van der Waals surface area contributed by atoms with Crippen LogP contribution in [0.2, 0.25) is 6.82 Å². The lowest BCUT2D eigenvalue weighted by Crippen LogP contribution is -2.31. The fraction of sp³-hybridized carbons (Fsp3) is 0.417. The number of hydrogen-bond donors (Lipinski definition) is 4. The van der Waals surface area contributed by atoms with Gasteiger partial charge in [0.15, 0.2) is 0 Å². The highest BCUT2D eigenvalue weighted by molar-refractivity contribution is 6.45. The summed E-state index contributed by atoms with van der Waals surface area (Å²) < 4.78 is 0. The molecule has 1 amide bonds. The van der Waals surface area contributed by atoms with Crippen LogP contribution in [0.3, 0.4) is 0 Å². The Morgan fingerprint density at radius 3 is 2.67 bits per heavy atom. The lowest BCUT2D eigenvalue weighted by molar-refractivity contribution is -0.384. The average Bonchev–Trinajstić information content (AvgIpc) is 2.42. The van der Waals surface area contributed by atoms with Crippen molar-refractivity contribution in [1.29, 1.82) is 0 Å². The number of amides is 1. The van der Waals surface area contributed by atoms with Crippen molar-refractivity contribution in [1.82, 2.24) is 5.23 Å². The van der Waals surface area contributed by atoms with Crippen LogP contribution < -0.4 is 16.3 Å². The number of carbonyl (C=O) groups is 1. The maximum atomic E-state index is 11.0. The molecule has 1 aromatic rings. The number of hydrogen-bond acceptors (Lipinski definition) is 6. The highest BCUT2D eigenvalue weighted by Gasteiger charge is 2.16. The molecule has 21 heavy (non-hydrogen) atoms. The number of nitrogens with zero attached hydrogens (tertiary/aromatic N) is 1. The summed E-state index contributed by atoms with van der Waals surface area (Å²) in [5.41, 5.74) is 5.39. The number of carbonyl (C=O) groups excluding carboxylic acids is 1. The van der Waals surface area contributed by atoms with Crippen molar-refractivity contribution in [3.63, 3.8) is 0 Å². The molecule has 0 heterocycles. The third-order valence-corrected chi connectivity index (χ3v) is 2.84. The van der Waals surface area contributed by atoms with E-state index >= 15 is 0 Å². The van der Waals surface area contributed by atoms with Crippen LogP contribution in [0.25, 0.3) is 0 Å². The molecule has 1 aromatic carbocycles. The molecular formula is C12H19BN4O4. The molecule has 0 aromatic heterocycles. The van der Waals surface area contributed by atoms with E-state index < -0.39 is 17.9 Å². The fourth-order valence-electron chi connectivity index (χ4n) is 1.77. The van der Waals surface area contributed by atoms with Crippen LogP contribution in [0.5, 0.6) is 0 Å². The number of nitro groups is 1. The SMILES string of the molecule is CB(O)NCCCCNc1ccc(C(N)=O)cc1[N+](=O)[O-]. The standard InChI is InChI=1S/C12H19BN4O4/c1-13(19)16-7-3-2-6-15-10-5-4-9(12(14)18)8-11(10)17(20)21/h4-5,8,15-16,19H,2-3,6-7H2,1H3,(H2,14,18). The van der Waals surface area contributed by atoms with Gasteiger partial charge < -0.3 is 21.3 Å². The van der Waals surface area contributed by atoms with Gasteiger partial charge >= 0.3 is 7.05 Å². The van der Waals surface area contributed by atoms with E-state index in [-0.39, 0.29) is 11.3 Å². The van der Waals surface area contributed by atoms with E-state index in [0.29, 0.717) is 18.8 Å². The first-order chi connectivity index (χ1) is 9.91. The zero-order chi connectivity index (χ0) is 15.8. The van der Waals surface area contributed by atoms with Crippen LogP contribution in [0.1, 0.15) is 23.2 Å². The minimum atomic E-state index is -0.700. The number of primary amides is 1. The number of anilines is 1. The van der Waals surface area contributed by atoms with Gasteiger partial charge in [0.1, 0.15) is 5.69 Å². The number of nitrogens with one attached hydrogen (secondary N) is 2. The quantitative estimate of drug-likeness (QED) is 0.228. The largest absolute Gasteiger partial charge is 0.437 e. The molecule has 8 nitrogen and oxygen atoms in total. The summed E-state index contributed by atoms with van der Waals surface area (Å²) in [6.45, 7) is 2.86. The van der Waals surface area contributed by atoms with Crippen molar-refractivity contribution in [2.24, 2.45) is 5.73 Å². The number of nitrogens with two attached hydrogens (primary N) is 1. The summed E-state index contributed by atoms with van der Waals surface area (Å²) in [5.74, 6) is -0.700. The van der Waals surface area contributed by atoms with Crippen molar-refractivity contribution in [2.45, 2.75) is 19.7 Å². The van der Waals surface area contributed by atoms with Crippen LogP contribution >= 0.6 is 0 Å². The van der Waals surface area contributed by atoms with Gasteiger partial charge in [-0.2, -0.15) is 0 Å². The van der Waals surface area contributed by atoms with E-state index in [4.69, 9.17) is 10.8 Å². The van der Waals surface area contributed by atoms with Gasteiger partial charge in [0, 0.05) is 18.2 Å². The molecule has 9 heteroatoms. The number of benzene rings is 1. The molecule has 0 fully saturated rings. The maximum Gasteiger partial charge on any atom is 0.373 e. The van der Waals surface area contributed by atoms with Gasteiger partial charge in [-0.25, -0.2) is 0 Å². The van der Waals surface area contributed by atoms with Crippen molar-refractivity contribution in [3.8, 4) is 0 Å². The number of rotatable bonds is 9.